The smallest absolute Gasteiger partial charge is 0.335 e. The monoisotopic (exact) mass is 271 g/mol. The predicted octanol–water partition coefficient (Wildman–Crippen LogP) is 3.47. The Morgan fingerprint density at radius 3 is 2.78 bits per heavy atom. The Labute approximate surface area is 111 Å². The highest BCUT2D eigenvalue weighted by Gasteiger charge is 2.07. The van der Waals surface area contributed by atoms with Crippen molar-refractivity contribution in [3.05, 3.63) is 29.6 Å². The van der Waals surface area contributed by atoms with Crippen LogP contribution in [-0.2, 0) is 0 Å². The highest BCUT2D eigenvalue weighted by Crippen LogP contribution is 2.16. The molecule has 18 heavy (non-hydrogen) atoms. The summed E-state index contributed by atoms with van der Waals surface area (Å²) in [6.07, 6.45) is 5.35. The van der Waals surface area contributed by atoms with Crippen molar-refractivity contribution in [2.24, 2.45) is 0 Å². The predicted molar refractivity (Wildman–Crippen MR) is 74.1 cm³/mol. The number of carboxylic acids is 1. The van der Waals surface area contributed by atoms with Crippen LogP contribution in [0.15, 0.2) is 18.2 Å². The third kappa shape index (κ3) is 4.96. The number of nitrogens with one attached hydrogen (secondary N) is 1. The number of benzene rings is 1. The standard InChI is InChI=1S/C13H18FNO2S/c1-18-8-4-2-3-7-15-12-6-5-10(13(16)17)9-11(12)14/h5-6,9,15H,2-4,7-8H2,1H3,(H,16,17). The summed E-state index contributed by atoms with van der Waals surface area (Å²) in [5.74, 6) is -0.474. The van der Waals surface area contributed by atoms with Gasteiger partial charge in [-0.3, -0.25) is 0 Å². The van der Waals surface area contributed by atoms with Crippen LogP contribution in [0.5, 0.6) is 0 Å². The van der Waals surface area contributed by atoms with E-state index in [9.17, 15) is 9.18 Å². The van der Waals surface area contributed by atoms with Crippen LogP contribution in [0.1, 0.15) is 29.6 Å². The summed E-state index contributed by atoms with van der Waals surface area (Å²) in [6, 6.07) is 3.92. The van der Waals surface area contributed by atoms with Crippen molar-refractivity contribution < 1.29 is 14.3 Å². The van der Waals surface area contributed by atoms with Gasteiger partial charge in [-0.25, -0.2) is 9.18 Å². The van der Waals surface area contributed by atoms with E-state index in [1.165, 1.54) is 18.6 Å². The first-order valence-corrected chi connectivity index (χ1v) is 7.30. The summed E-state index contributed by atoms with van der Waals surface area (Å²) >= 11 is 1.83. The van der Waals surface area contributed by atoms with E-state index in [0.29, 0.717) is 12.2 Å². The molecule has 1 rings (SSSR count). The normalized spacial score (nSPS) is 10.3. The summed E-state index contributed by atoms with van der Waals surface area (Å²) in [6.45, 7) is 0.706. The molecule has 0 aliphatic carbocycles. The SMILES string of the molecule is CSCCCCCNc1ccc(C(=O)O)cc1F. The van der Waals surface area contributed by atoms with Crippen molar-refractivity contribution in [1.82, 2.24) is 0 Å². The first-order chi connectivity index (χ1) is 8.65. The number of carboxylic acid groups (broad SMARTS) is 1. The van der Waals surface area contributed by atoms with Crippen LogP contribution in [0.2, 0.25) is 0 Å². The quantitative estimate of drug-likeness (QED) is 0.711. The summed E-state index contributed by atoms with van der Waals surface area (Å²) < 4.78 is 13.5. The molecule has 0 saturated carbocycles. The van der Waals surface area contributed by atoms with E-state index in [-0.39, 0.29) is 5.56 Å². The zero-order valence-corrected chi connectivity index (χ0v) is 11.2. The van der Waals surface area contributed by atoms with Gasteiger partial charge in [0, 0.05) is 6.54 Å². The molecule has 0 unspecified atom stereocenters. The molecule has 3 nitrogen and oxygen atoms in total. The summed E-state index contributed by atoms with van der Waals surface area (Å²) in [5, 5.41) is 11.7. The highest BCUT2D eigenvalue weighted by molar-refractivity contribution is 7.98. The molecular formula is C13H18FNO2S. The molecule has 0 amide bonds. The number of unbranched alkanes of at least 4 members (excludes halogenated alkanes) is 2. The van der Waals surface area contributed by atoms with Gasteiger partial charge in [0.2, 0.25) is 0 Å². The topological polar surface area (TPSA) is 49.3 Å². The number of hydrogen-bond donors (Lipinski definition) is 2. The Bertz CT molecular complexity index is 399. The van der Waals surface area contributed by atoms with Gasteiger partial charge in [0.15, 0.2) is 0 Å². The van der Waals surface area contributed by atoms with Crippen LogP contribution in [0.25, 0.3) is 0 Å². The average Bonchev–Trinajstić information content (AvgIpc) is 2.35. The van der Waals surface area contributed by atoms with Crippen LogP contribution in [0.4, 0.5) is 10.1 Å². The fourth-order valence-corrected chi connectivity index (χ4v) is 2.06. The van der Waals surface area contributed by atoms with E-state index in [4.69, 9.17) is 5.11 Å². The Kier molecular flexibility index (Phi) is 6.57. The number of rotatable bonds is 8. The lowest BCUT2D eigenvalue weighted by atomic mass is 10.2. The fourth-order valence-electron chi connectivity index (χ4n) is 1.56. The molecule has 0 aliphatic heterocycles. The number of aromatic carboxylic acids is 1. The molecule has 0 fully saturated rings. The molecule has 0 aromatic heterocycles. The molecule has 0 spiro atoms. The molecule has 0 atom stereocenters. The molecular weight excluding hydrogens is 253 g/mol. The van der Waals surface area contributed by atoms with Crippen molar-refractivity contribution in [2.45, 2.75) is 19.3 Å². The molecule has 0 heterocycles. The van der Waals surface area contributed by atoms with Gasteiger partial charge in [0.1, 0.15) is 5.82 Å². The Hall–Kier alpha value is -1.23. The zero-order chi connectivity index (χ0) is 13.4. The van der Waals surface area contributed by atoms with Crippen molar-refractivity contribution in [1.29, 1.82) is 0 Å². The Morgan fingerprint density at radius 2 is 2.17 bits per heavy atom. The maximum Gasteiger partial charge on any atom is 0.335 e. The van der Waals surface area contributed by atoms with Gasteiger partial charge in [0.25, 0.3) is 0 Å². The Morgan fingerprint density at radius 1 is 1.39 bits per heavy atom. The van der Waals surface area contributed by atoms with Crippen molar-refractivity contribution in [2.75, 3.05) is 23.9 Å². The number of thioether (sulfide) groups is 1. The largest absolute Gasteiger partial charge is 0.478 e. The summed E-state index contributed by atoms with van der Waals surface area (Å²) in [4.78, 5) is 10.6. The second-order valence-corrected chi connectivity index (χ2v) is 4.97. The lowest BCUT2D eigenvalue weighted by molar-refractivity contribution is 0.0696. The minimum atomic E-state index is -1.11. The van der Waals surface area contributed by atoms with Crippen LogP contribution < -0.4 is 5.32 Å². The number of anilines is 1. The van der Waals surface area contributed by atoms with Crippen molar-refractivity contribution in [3.63, 3.8) is 0 Å². The van der Waals surface area contributed by atoms with Gasteiger partial charge in [-0.1, -0.05) is 6.42 Å². The van der Waals surface area contributed by atoms with Gasteiger partial charge in [-0.15, -0.1) is 0 Å². The van der Waals surface area contributed by atoms with Gasteiger partial charge in [0.05, 0.1) is 11.3 Å². The number of halogens is 1. The molecule has 0 bridgehead atoms. The van der Waals surface area contributed by atoms with E-state index in [1.54, 1.807) is 0 Å². The van der Waals surface area contributed by atoms with E-state index < -0.39 is 11.8 Å². The summed E-state index contributed by atoms with van der Waals surface area (Å²) in [7, 11) is 0. The molecule has 2 N–H and O–H groups in total. The number of hydrogen-bond acceptors (Lipinski definition) is 3. The maximum atomic E-state index is 13.5. The first-order valence-electron chi connectivity index (χ1n) is 5.91. The van der Waals surface area contributed by atoms with Gasteiger partial charge in [-0.05, 0) is 43.0 Å². The van der Waals surface area contributed by atoms with Gasteiger partial charge in [-0.2, -0.15) is 11.8 Å². The maximum absolute atomic E-state index is 13.5. The zero-order valence-electron chi connectivity index (χ0n) is 10.4. The molecule has 100 valence electrons. The lowest BCUT2D eigenvalue weighted by Crippen LogP contribution is -2.05. The minimum Gasteiger partial charge on any atom is -0.478 e. The first kappa shape index (κ1) is 14.8. The third-order valence-corrected chi connectivity index (χ3v) is 3.25. The molecule has 0 aliphatic rings. The van der Waals surface area contributed by atoms with E-state index in [2.05, 4.69) is 11.6 Å². The van der Waals surface area contributed by atoms with E-state index in [0.717, 1.165) is 24.7 Å². The molecule has 5 heteroatoms. The van der Waals surface area contributed by atoms with Gasteiger partial charge < -0.3 is 10.4 Å². The van der Waals surface area contributed by atoms with Crippen molar-refractivity contribution in [3.8, 4) is 0 Å². The Balaban J connectivity index is 2.36. The van der Waals surface area contributed by atoms with Crippen LogP contribution in [0, 0.1) is 5.82 Å². The van der Waals surface area contributed by atoms with Crippen LogP contribution in [-0.4, -0.2) is 29.6 Å². The second-order valence-electron chi connectivity index (χ2n) is 3.98. The average molecular weight is 271 g/mol. The molecule has 1 aromatic carbocycles. The highest BCUT2D eigenvalue weighted by atomic mass is 32.2. The van der Waals surface area contributed by atoms with Crippen LogP contribution in [0.3, 0.4) is 0 Å². The lowest BCUT2D eigenvalue weighted by Gasteiger charge is -2.07. The van der Waals surface area contributed by atoms with Crippen molar-refractivity contribution >= 4 is 23.4 Å². The molecule has 0 saturated heterocycles. The van der Waals surface area contributed by atoms with Gasteiger partial charge >= 0.3 is 5.97 Å². The number of carbonyl (C=O) groups is 1. The minimum absolute atomic E-state index is 0.0296. The summed E-state index contributed by atoms with van der Waals surface area (Å²) in [5.41, 5.74) is 0.336. The van der Waals surface area contributed by atoms with E-state index >= 15 is 0 Å². The molecule has 0 radical (unpaired) electrons. The van der Waals surface area contributed by atoms with Crippen LogP contribution >= 0.6 is 11.8 Å². The fraction of sp³-hybridized carbons (Fsp3) is 0.462. The van der Waals surface area contributed by atoms with E-state index in [1.807, 2.05) is 11.8 Å². The second kappa shape index (κ2) is 7.97. The molecule has 1 aromatic rings. The third-order valence-electron chi connectivity index (χ3n) is 2.56.